The van der Waals surface area contributed by atoms with Crippen LogP contribution in [0.5, 0.6) is 0 Å². The van der Waals surface area contributed by atoms with E-state index in [1.165, 1.54) is 6.08 Å². The van der Waals surface area contributed by atoms with Gasteiger partial charge in [-0.2, -0.15) is 0 Å². The number of carbonyl (C=O) groups excluding carboxylic acids is 1. The molecule has 2 rings (SSSR count). The Labute approximate surface area is 106 Å². The smallest absolute Gasteiger partial charge is 0.352 e. The number of carboxylic acids is 1. The lowest BCUT2D eigenvalue weighted by Crippen LogP contribution is -2.43. The van der Waals surface area contributed by atoms with Gasteiger partial charge >= 0.3 is 12.0 Å². The molecule has 5 nitrogen and oxygen atoms in total. The van der Waals surface area contributed by atoms with Crippen LogP contribution in [-0.2, 0) is 4.79 Å². The third kappa shape index (κ3) is 2.65. The number of carboxylic acid groups (broad SMARTS) is 1. The number of halogens is 1. The van der Waals surface area contributed by atoms with E-state index in [0.29, 0.717) is 0 Å². The van der Waals surface area contributed by atoms with E-state index in [-0.39, 0.29) is 5.70 Å². The van der Waals surface area contributed by atoms with Gasteiger partial charge in [0.2, 0.25) is 0 Å². The number of hydrogen-bond donors (Lipinski definition) is 3. The number of amides is 2. The molecular weight excluding hydrogens is 288 g/mol. The SMILES string of the molecule is O=C1NC(C(=O)O)=C[C@@H](c2ccc(Br)cc2)N1. The molecule has 1 aliphatic heterocycles. The van der Waals surface area contributed by atoms with E-state index >= 15 is 0 Å². The molecule has 1 aliphatic rings. The van der Waals surface area contributed by atoms with Crippen LogP contribution in [0.4, 0.5) is 4.79 Å². The zero-order valence-electron chi connectivity index (χ0n) is 8.61. The highest BCUT2D eigenvalue weighted by atomic mass is 79.9. The van der Waals surface area contributed by atoms with Crippen molar-refractivity contribution in [3.05, 3.63) is 46.1 Å². The topological polar surface area (TPSA) is 78.4 Å². The van der Waals surface area contributed by atoms with Gasteiger partial charge in [-0.1, -0.05) is 28.1 Å². The molecule has 2 amide bonds. The summed E-state index contributed by atoms with van der Waals surface area (Å²) in [4.78, 5) is 22.1. The zero-order valence-corrected chi connectivity index (χ0v) is 10.2. The summed E-state index contributed by atoms with van der Waals surface area (Å²) >= 11 is 3.31. The van der Waals surface area contributed by atoms with E-state index in [2.05, 4.69) is 26.6 Å². The average molecular weight is 297 g/mol. The van der Waals surface area contributed by atoms with E-state index in [9.17, 15) is 9.59 Å². The number of hydrogen-bond acceptors (Lipinski definition) is 2. The minimum atomic E-state index is -1.15. The van der Waals surface area contributed by atoms with Crippen molar-refractivity contribution in [2.24, 2.45) is 0 Å². The van der Waals surface area contributed by atoms with Crippen LogP contribution in [0.15, 0.2) is 40.5 Å². The maximum absolute atomic E-state index is 11.3. The van der Waals surface area contributed by atoms with Crippen molar-refractivity contribution in [3.63, 3.8) is 0 Å². The second kappa shape index (κ2) is 4.58. The van der Waals surface area contributed by atoms with E-state index in [1.807, 2.05) is 24.3 Å². The lowest BCUT2D eigenvalue weighted by Gasteiger charge is -2.22. The molecule has 1 atom stereocenters. The third-order valence-corrected chi connectivity index (χ3v) is 2.86. The summed E-state index contributed by atoms with van der Waals surface area (Å²) in [6, 6.07) is 6.35. The molecule has 0 unspecified atom stereocenters. The van der Waals surface area contributed by atoms with Crippen LogP contribution in [0.2, 0.25) is 0 Å². The van der Waals surface area contributed by atoms with Gasteiger partial charge in [0.1, 0.15) is 5.70 Å². The van der Waals surface area contributed by atoms with Crippen LogP contribution in [0, 0.1) is 0 Å². The fourth-order valence-electron chi connectivity index (χ4n) is 1.52. The van der Waals surface area contributed by atoms with Gasteiger partial charge in [-0.3, -0.25) is 0 Å². The molecule has 0 bridgehead atoms. The molecule has 0 aliphatic carbocycles. The van der Waals surface area contributed by atoms with Gasteiger partial charge in [-0.25, -0.2) is 9.59 Å². The Hall–Kier alpha value is -1.82. The second-order valence-corrected chi connectivity index (χ2v) is 4.43. The molecule has 0 radical (unpaired) electrons. The standard InChI is InChI=1S/C11H9BrN2O3/c12-7-3-1-6(2-4-7)8-5-9(10(15)16)14-11(17)13-8/h1-5,8H,(H,15,16)(H2,13,14,17)/t8-/m0/s1. The Kier molecular flexibility index (Phi) is 3.14. The van der Waals surface area contributed by atoms with Gasteiger partial charge in [0.25, 0.3) is 0 Å². The Bertz CT molecular complexity index is 496. The highest BCUT2D eigenvalue weighted by Gasteiger charge is 2.22. The molecule has 1 aromatic rings. The monoisotopic (exact) mass is 296 g/mol. The Morgan fingerprint density at radius 1 is 1.29 bits per heavy atom. The van der Waals surface area contributed by atoms with Crippen molar-refractivity contribution in [2.75, 3.05) is 0 Å². The van der Waals surface area contributed by atoms with Gasteiger partial charge in [-0.05, 0) is 23.8 Å². The molecule has 17 heavy (non-hydrogen) atoms. The molecule has 0 spiro atoms. The van der Waals surface area contributed by atoms with Crippen molar-refractivity contribution in [3.8, 4) is 0 Å². The Morgan fingerprint density at radius 2 is 1.94 bits per heavy atom. The fraction of sp³-hybridized carbons (Fsp3) is 0.0909. The van der Waals surface area contributed by atoms with Gasteiger partial charge in [0, 0.05) is 4.47 Å². The summed E-state index contributed by atoms with van der Waals surface area (Å²) in [5.41, 5.74) is 0.712. The number of nitrogens with one attached hydrogen (secondary N) is 2. The van der Waals surface area contributed by atoms with Gasteiger partial charge < -0.3 is 15.7 Å². The first-order valence-corrected chi connectivity index (χ1v) is 5.63. The summed E-state index contributed by atoms with van der Waals surface area (Å²) in [6.45, 7) is 0. The molecule has 1 heterocycles. The molecular formula is C11H9BrN2O3. The number of urea groups is 1. The summed E-state index contributed by atoms with van der Waals surface area (Å²) in [5, 5.41) is 13.7. The Balaban J connectivity index is 2.32. The lowest BCUT2D eigenvalue weighted by atomic mass is 10.0. The second-order valence-electron chi connectivity index (χ2n) is 3.51. The number of carbonyl (C=O) groups is 2. The van der Waals surface area contributed by atoms with E-state index < -0.39 is 18.0 Å². The molecule has 0 saturated carbocycles. The van der Waals surface area contributed by atoms with Crippen LogP contribution in [-0.4, -0.2) is 17.1 Å². The number of benzene rings is 1. The van der Waals surface area contributed by atoms with Gasteiger partial charge in [0.05, 0.1) is 6.04 Å². The van der Waals surface area contributed by atoms with E-state index in [4.69, 9.17) is 5.11 Å². The van der Waals surface area contributed by atoms with Crippen LogP contribution in [0.1, 0.15) is 11.6 Å². The highest BCUT2D eigenvalue weighted by molar-refractivity contribution is 9.10. The molecule has 0 aromatic heterocycles. The molecule has 0 fully saturated rings. The summed E-state index contributed by atoms with van der Waals surface area (Å²) in [6.07, 6.45) is 1.47. The normalized spacial score (nSPS) is 19.0. The van der Waals surface area contributed by atoms with Crippen LogP contribution in [0.25, 0.3) is 0 Å². The largest absolute Gasteiger partial charge is 0.477 e. The maximum Gasteiger partial charge on any atom is 0.352 e. The maximum atomic E-state index is 11.3. The quantitative estimate of drug-likeness (QED) is 0.778. The van der Waals surface area contributed by atoms with Crippen LogP contribution >= 0.6 is 15.9 Å². The first-order chi connectivity index (χ1) is 8.06. The lowest BCUT2D eigenvalue weighted by molar-refractivity contribution is -0.133. The van der Waals surface area contributed by atoms with Crippen molar-refractivity contribution < 1.29 is 14.7 Å². The first kappa shape index (κ1) is 11.7. The average Bonchev–Trinajstić information content (AvgIpc) is 2.29. The Morgan fingerprint density at radius 3 is 2.53 bits per heavy atom. The minimum Gasteiger partial charge on any atom is -0.477 e. The number of rotatable bonds is 2. The van der Waals surface area contributed by atoms with E-state index in [0.717, 1.165) is 10.0 Å². The zero-order chi connectivity index (χ0) is 12.4. The molecule has 0 saturated heterocycles. The first-order valence-electron chi connectivity index (χ1n) is 4.84. The summed E-state index contributed by atoms with van der Waals surface area (Å²) in [5.74, 6) is -1.15. The van der Waals surface area contributed by atoms with E-state index in [1.54, 1.807) is 0 Å². The summed E-state index contributed by atoms with van der Waals surface area (Å²) < 4.78 is 0.920. The molecule has 1 aromatic carbocycles. The van der Waals surface area contributed by atoms with Crippen molar-refractivity contribution in [1.82, 2.24) is 10.6 Å². The van der Waals surface area contributed by atoms with Gasteiger partial charge in [-0.15, -0.1) is 0 Å². The number of aliphatic carboxylic acids is 1. The van der Waals surface area contributed by atoms with Crippen molar-refractivity contribution in [1.29, 1.82) is 0 Å². The molecule has 6 heteroatoms. The van der Waals surface area contributed by atoms with Gasteiger partial charge in [0.15, 0.2) is 0 Å². The molecule has 3 N–H and O–H groups in total. The fourth-order valence-corrected chi connectivity index (χ4v) is 1.79. The summed E-state index contributed by atoms with van der Waals surface area (Å²) in [7, 11) is 0. The minimum absolute atomic E-state index is 0.110. The van der Waals surface area contributed by atoms with Crippen LogP contribution < -0.4 is 10.6 Å². The third-order valence-electron chi connectivity index (χ3n) is 2.33. The predicted molar refractivity (Wildman–Crippen MR) is 64.3 cm³/mol. The highest BCUT2D eigenvalue weighted by Crippen LogP contribution is 2.20. The van der Waals surface area contributed by atoms with Crippen molar-refractivity contribution in [2.45, 2.75) is 6.04 Å². The van der Waals surface area contributed by atoms with Crippen LogP contribution in [0.3, 0.4) is 0 Å². The molecule has 88 valence electrons. The predicted octanol–water partition coefficient (Wildman–Crippen LogP) is 1.77. The van der Waals surface area contributed by atoms with Crippen molar-refractivity contribution >= 4 is 27.9 Å².